The van der Waals surface area contributed by atoms with Crippen molar-refractivity contribution in [2.75, 3.05) is 39.6 Å². The minimum Gasteiger partial charge on any atom is -0.493 e. The molecular formula is C28H35N3O4S. The molecule has 36 heavy (non-hydrogen) atoms. The lowest BCUT2D eigenvalue weighted by molar-refractivity contribution is -0.131. The number of para-hydroxylation sites is 1. The van der Waals surface area contributed by atoms with Gasteiger partial charge in [-0.15, -0.1) is 11.8 Å². The number of carbonyl (C=O) groups excluding carboxylic acids is 2. The summed E-state index contributed by atoms with van der Waals surface area (Å²) in [6, 6.07) is 13.9. The Balaban J connectivity index is 1.32. The van der Waals surface area contributed by atoms with E-state index in [1.807, 2.05) is 52.1 Å². The van der Waals surface area contributed by atoms with Crippen LogP contribution < -0.4 is 14.8 Å². The fraction of sp³-hybridized carbons (Fsp3) is 0.429. The first-order valence-electron chi connectivity index (χ1n) is 12.5. The lowest BCUT2D eigenvalue weighted by atomic mass is 10.1. The van der Waals surface area contributed by atoms with E-state index < -0.39 is 0 Å². The molecule has 0 radical (unpaired) electrons. The number of hydrogen-bond donors (Lipinski definition) is 1. The first-order chi connectivity index (χ1) is 17.6. The van der Waals surface area contributed by atoms with E-state index >= 15 is 0 Å². The molecule has 4 rings (SSSR count). The van der Waals surface area contributed by atoms with Crippen LogP contribution in [-0.2, 0) is 22.6 Å². The molecule has 2 amide bonds. The van der Waals surface area contributed by atoms with Gasteiger partial charge in [0.1, 0.15) is 6.54 Å². The van der Waals surface area contributed by atoms with Crippen LogP contribution in [0.3, 0.4) is 0 Å². The number of likely N-dealkylation sites (tertiary alicyclic amines) is 1. The van der Waals surface area contributed by atoms with E-state index in [0.29, 0.717) is 36.8 Å². The highest BCUT2D eigenvalue weighted by molar-refractivity contribution is 8.00. The highest BCUT2D eigenvalue weighted by Crippen LogP contribution is 2.30. The van der Waals surface area contributed by atoms with E-state index in [1.54, 1.807) is 14.2 Å². The molecule has 1 saturated heterocycles. The predicted molar refractivity (Wildman–Crippen MR) is 144 cm³/mol. The Morgan fingerprint density at radius 2 is 1.72 bits per heavy atom. The lowest BCUT2D eigenvalue weighted by Gasteiger charge is -2.20. The average molecular weight is 510 g/mol. The van der Waals surface area contributed by atoms with Crippen LogP contribution in [0, 0.1) is 0 Å². The Bertz CT molecular complexity index is 1180. The molecule has 1 fully saturated rings. The summed E-state index contributed by atoms with van der Waals surface area (Å²) in [6.45, 7) is 2.58. The summed E-state index contributed by atoms with van der Waals surface area (Å²) in [5.41, 5.74) is 2.09. The van der Waals surface area contributed by atoms with Crippen LogP contribution >= 0.6 is 11.8 Å². The number of methoxy groups -OCH3 is 2. The normalized spacial score (nSPS) is 13.9. The van der Waals surface area contributed by atoms with Crippen molar-refractivity contribution in [1.82, 2.24) is 14.8 Å². The fourth-order valence-corrected chi connectivity index (χ4v) is 5.52. The molecule has 0 saturated carbocycles. The molecule has 2 heterocycles. The Labute approximate surface area is 217 Å². The van der Waals surface area contributed by atoms with Crippen LogP contribution in [0.4, 0.5) is 0 Å². The van der Waals surface area contributed by atoms with Gasteiger partial charge in [0.25, 0.3) is 0 Å². The fourth-order valence-electron chi connectivity index (χ4n) is 4.60. The van der Waals surface area contributed by atoms with Gasteiger partial charge in [0.15, 0.2) is 11.5 Å². The van der Waals surface area contributed by atoms with Crippen molar-refractivity contribution < 1.29 is 19.1 Å². The van der Waals surface area contributed by atoms with Gasteiger partial charge < -0.3 is 24.3 Å². The Kier molecular flexibility index (Phi) is 9.17. The molecule has 192 valence electrons. The summed E-state index contributed by atoms with van der Waals surface area (Å²) in [5, 5.41) is 4.08. The van der Waals surface area contributed by atoms with E-state index in [1.165, 1.54) is 24.6 Å². The standard InChI is InChI=1S/C28H35N3O4S/c1-34-24-12-11-21(17-25(24)35-2)13-14-29-27(32)20-36-26-18-31(23-10-6-5-9-22(23)26)19-28(33)30-15-7-3-4-8-16-30/h5-6,9-12,17-18H,3-4,7-8,13-16,19-20H2,1-2H3,(H,29,32). The van der Waals surface area contributed by atoms with Crippen molar-refractivity contribution in [3.63, 3.8) is 0 Å². The van der Waals surface area contributed by atoms with Gasteiger partial charge >= 0.3 is 0 Å². The van der Waals surface area contributed by atoms with E-state index in [0.717, 1.165) is 47.3 Å². The molecule has 7 nitrogen and oxygen atoms in total. The van der Waals surface area contributed by atoms with Crippen molar-refractivity contribution in [1.29, 1.82) is 0 Å². The lowest BCUT2D eigenvalue weighted by Crippen LogP contribution is -2.34. The summed E-state index contributed by atoms with van der Waals surface area (Å²) in [7, 11) is 3.23. The zero-order valence-corrected chi connectivity index (χ0v) is 21.9. The number of amides is 2. The molecule has 0 unspecified atom stereocenters. The number of ether oxygens (including phenoxy) is 2. The van der Waals surface area contributed by atoms with Gasteiger partial charge in [0, 0.05) is 41.6 Å². The van der Waals surface area contributed by atoms with Gasteiger partial charge in [-0.25, -0.2) is 0 Å². The number of nitrogens with one attached hydrogen (secondary N) is 1. The van der Waals surface area contributed by atoms with Crippen LogP contribution in [0.2, 0.25) is 0 Å². The van der Waals surface area contributed by atoms with Gasteiger partial charge in [-0.2, -0.15) is 0 Å². The Morgan fingerprint density at radius 3 is 2.47 bits per heavy atom. The van der Waals surface area contributed by atoms with E-state index in [2.05, 4.69) is 11.4 Å². The summed E-state index contributed by atoms with van der Waals surface area (Å²) in [6.07, 6.45) is 7.29. The molecule has 1 aliphatic rings. The van der Waals surface area contributed by atoms with Gasteiger partial charge in [-0.05, 0) is 43.0 Å². The molecule has 2 aromatic carbocycles. The highest BCUT2D eigenvalue weighted by Gasteiger charge is 2.18. The van der Waals surface area contributed by atoms with E-state index in [4.69, 9.17) is 9.47 Å². The zero-order valence-electron chi connectivity index (χ0n) is 21.1. The van der Waals surface area contributed by atoms with E-state index in [-0.39, 0.29) is 11.8 Å². The monoisotopic (exact) mass is 509 g/mol. The van der Waals surface area contributed by atoms with Crippen LogP contribution in [0.15, 0.2) is 53.6 Å². The number of hydrogen-bond acceptors (Lipinski definition) is 5. The molecular weight excluding hydrogens is 474 g/mol. The molecule has 0 bridgehead atoms. The average Bonchev–Trinajstić information content (AvgIpc) is 3.06. The Morgan fingerprint density at radius 1 is 0.972 bits per heavy atom. The summed E-state index contributed by atoms with van der Waals surface area (Å²) in [5.74, 6) is 1.84. The minimum atomic E-state index is -0.0158. The number of fused-ring (bicyclic) bond motifs is 1. The van der Waals surface area contributed by atoms with Crippen molar-refractivity contribution in [3.05, 3.63) is 54.2 Å². The smallest absolute Gasteiger partial charge is 0.242 e. The quantitative estimate of drug-likeness (QED) is 0.407. The predicted octanol–water partition coefficient (Wildman–Crippen LogP) is 4.51. The van der Waals surface area contributed by atoms with Crippen LogP contribution in [-0.4, -0.2) is 60.9 Å². The third kappa shape index (κ3) is 6.55. The largest absolute Gasteiger partial charge is 0.493 e. The third-order valence-corrected chi connectivity index (χ3v) is 7.60. The maximum Gasteiger partial charge on any atom is 0.242 e. The molecule has 1 N–H and O–H groups in total. The van der Waals surface area contributed by atoms with Gasteiger partial charge in [0.05, 0.1) is 20.0 Å². The van der Waals surface area contributed by atoms with Gasteiger partial charge in [0.2, 0.25) is 11.8 Å². The molecule has 1 aromatic heterocycles. The second kappa shape index (κ2) is 12.7. The zero-order chi connectivity index (χ0) is 25.3. The number of rotatable bonds is 10. The summed E-state index contributed by atoms with van der Waals surface area (Å²) >= 11 is 1.51. The maximum atomic E-state index is 13.0. The van der Waals surface area contributed by atoms with Crippen LogP contribution in [0.5, 0.6) is 11.5 Å². The number of carbonyl (C=O) groups is 2. The second-order valence-electron chi connectivity index (χ2n) is 9.01. The second-order valence-corrected chi connectivity index (χ2v) is 10.0. The number of nitrogens with zero attached hydrogens (tertiary/aromatic N) is 2. The topological polar surface area (TPSA) is 72.8 Å². The molecule has 1 aliphatic heterocycles. The number of thioether (sulfide) groups is 1. The molecule has 0 atom stereocenters. The van der Waals surface area contributed by atoms with Crippen molar-refractivity contribution in [2.45, 2.75) is 43.5 Å². The molecule has 0 aliphatic carbocycles. The van der Waals surface area contributed by atoms with Crippen LogP contribution in [0.25, 0.3) is 10.9 Å². The maximum absolute atomic E-state index is 13.0. The Hall–Kier alpha value is -3.13. The highest BCUT2D eigenvalue weighted by atomic mass is 32.2. The van der Waals surface area contributed by atoms with Crippen molar-refractivity contribution in [2.24, 2.45) is 0 Å². The van der Waals surface area contributed by atoms with Crippen molar-refractivity contribution in [3.8, 4) is 11.5 Å². The minimum absolute atomic E-state index is 0.0158. The first-order valence-corrected chi connectivity index (χ1v) is 13.5. The third-order valence-electron chi connectivity index (χ3n) is 6.56. The van der Waals surface area contributed by atoms with Crippen molar-refractivity contribution >= 4 is 34.5 Å². The molecule has 3 aromatic rings. The molecule has 8 heteroatoms. The number of benzene rings is 2. The number of aromatic nitrogens is 1. The summed E-state index contributed by atoms with van der Waals surface area (Å²) in [4.78, 5) is 28.5. The van der Waals surface area contributed by atoms with Gasteiger partial charge in [-0.1, -0.05) is 37.1 Å². The summed E-state index contributed by atoms with van der Waals surface area (Å²) < 4.78 is 12.7. The molecule has 0 spiro atoms. The van der Waals surface area contributed by atoms with E-state index in [9.17, 15) is 9.59 Å². The SMILES string of the molecule is COc1ccc(CCNC(=O)CSc2cn(CC(=O)N3CCCCCC3)c3ccccc23)cc1OC. The van der Waals surface area contributed by atoms with Gasteiger partial charge in [-0.3, -0.25) is 9.59 Å². The first kappa shape index (κ1) is 25.9. The van der Waals surface area contributed by atoms with Crippen LogP contribution in [0.1, 0.15) is 31.2 Å².